The first-order valence-corrected chi connectivity index (χ1v) is 6.55. The molecule has 1 saturated carbocycles. The molecule has 0 aromatic rings. The molecule has 0 aromatic carbocycles. The third kappa shape index (κ3) is 4.52. The molecule has 0 heterocycles. The molecule has 3 unspecified atom stereocenters. The van der Waals surface area contributed by atoms with Crippen molar-refractivity contribution in [3.8, 4) is 0 Å². The summed E-state index contributed by atoms with van der Waals surface area (Å²) in [6.45, 7) is 6.44. The lowest BCUT2D eigenvalue weighted by atomic mass is 9.85. The lowest BCUT2D eigenvalue weighted by Crippen LogP contribution is -2.41. The van der Waals surface area contributed by atoms with Crippen molar-refractivity contribution in [1.29, 1.82) is 0 Å². The Kier molecular flexibility index (Phi) is 5.26. The molecule has 1 rings (SSSR count). The molecular formula is C13H26N2O. The number of carbonyl (C=O) groups is 1. The fraction of sp³-hybridized carbons (Fsp3) is 0.923. The summed E-state index contributed by atoms with van der Waals surface area (Å²) in [6, 6.07) is 0.510. The summed E-state index contributed by atoms with van der Waals surface area (Å²) in [6.07, 6.45) is 5.09. The highest BCUT2D eigenvalue weighted by molar-refractivity contribution is 5.79. The number of carbonyl (C=O) groups excluding carboxylic acids is 1. The van der Waals surface area contributed by atoms with Crippen molar-refractivity contribution in [2.24, 2.45) is 17.6 Å². The Morgan fingerprint density at radius 3 is 2.62 bits per heavy atom. The monoisotopic (exact) mass is 226 g/mol. The lowest BCUT2D eigenvalue weighted by molar-refractivity contribution is -0.126. The van der Waals surface area contributed by atoms with Gasteiger partial charge in [0.15, 0.2) is 0 Å². The van der Waals surface area contributed by atoms with Crippen molar-refractivity contribution < 1.29 is 4.79 Å². The van der Waals surface area contributed by atoms with Gasteiger partial charge in [-0.25, -0.2) is 0 Å². The van der Waals surface area contributed by atoms with E-state index in [0.29, 0.717) is 5.92 Å². The van der Waals surface area contributed by atoms with Gasteiger partial charge in [-0.1, -0.05) is 20.3 Å². The number of hydrogen-bond donors (Lipinski definition) is 2. The molecule has 1 fully saturated rings. The van der Waals surface area contributed by atoms with E-state index in [1.165, 1.54) is 0 Å². The highest BCUT2D eigenvalue weighted by Gasteiger charge is 2.25. The molecule has 0 spiro atoms. The fourth-order valence-corrected chi connectivity index (χ4v) is 2.59. The predicted molar refractivity (Wildman–Crippen MR) is 67.0 cm³/mol. The Balaban J connectivity index is 2.33. The normalized spacial score (nSPS) is 27.8. The number of amides is 1. The molecule has 0 bridgehead atoms. The van der Waals surface area contributed by atoms with Crippen LogP contribution in [0.25, 0.3) is 0 Å². The van der Waals surface area contributed by atoms with E-state index in [1.54, 1.807) is 0 Å². The van der Waals surface area contributed by atoms with Crippen molar-refractivity contribution >= 4 is 5.91 Å². The molecule has 94 valence electrons. The summed E-state index contributed by atoms with van der Waals surface area (Å²) in [5.41, 5.74) is 5.89. The van der Waals surface area contributed by atoms with E-state index < -0.39 is 0 Å². The van der Waals surface area contributed by atoms with Crippen LogP contribution in [0, 0.1) is 11.8 Å². The maximum absolute atomic E-state index is 12.0. The van der Waals surface area contributed by atoms with Crippen LogP contribution in [0.3, 0.4) is 0 Å². The van der Waals surface area contributed by atoms with Crippen molar-refractivity contribution in [3.05, 3.63) is 0 Å². The first-order chi connectivity index (χ1) is 7.49. The molecule has 3 nitrogen and oxygen atoms in total. The topological polar surface area (TPSA) is 55.1 Å². The summed E-state index contributed by atoms with van der Waals surface area (Å²) in [4.78, 5) is 12.0. The van der Waals surface area contributed by atoms with E-state index in [4.69, 9.17) is 5.73 Å². The maximum atomic E-state index is 12.0. The average molecular weight is 226 g/mol. The minimum absolute atomic E-state index is 0.151. The quantitative estimate of drug-likeness (QED) is 0.771. The van der Waals surface area contributed by atoms with Crippen molar-refractivity contribution in [3.63, 3.8) is 0 Å². The van der Waals surface area contributed by atoms with Crippen LogP contribution in [0.4, 0.5) is 0 Å². The summed E-state index contributed by atoms with van der Waals surface area (Å²) in [5, 5.41) is 3.11. The van der Waals surface area contributed by atoms with Gasteiger partial charge in [-0.2, -0.15) is 0 Å². The molecule has 3 N–H and O–H groups in total. The molecule has 3 atom stereocenters. The van der Waals surface area contributed by atoms with Gasteiger partial charge in [-0.05, 0) is 38.5 Å². The molecule has 1 aliphatic carbocycles. The second kappa shape index (κ2) is 6.24. The van der Waals surface area contributed by atoms with Gasteiger partial charge in [0.05, 0.1) is 0 Å². The highest BCUT2D eigenvalue weighted by atomic mass is 16.1. The Hall–Kier alpha value is -0.570. The van der Waals surface area contributed by atoms with Gasteiger partial charge < -0.3 is 11.1 Å². The zero-order valence-electron chi connectivity index (χ0n) is 10.8. The van der Waals surface area contributed by atoms with Crippen LogP contribution in [-0.2, 0) is 4.79 Å². The lowest BCUT2D eigenvalue weighted by Gasteiger charge is -2.27. The van der Waals surface area contributed by atoms with Crippen LogP contribution in [0.2, 0.25) is 0 Å². The summed E-state index contributed by atoms with van der Waals surface area (Å²) in [7, 11) is 0. The Morgan fingerprint density at radius 1 is 1.38 bits per heavy atom. The molecule has 0 aromatic heterocycles. The number of nitrogens with one attached hydrogen (secondary N) is 1. The summed E-state index contributed by atoms with van der Waals surface area (Å²) < 4.78 is 0. The molecule has 0 radical (unpaired) electrons. The smallest absolute Gasteiger partial charge is 0.223 e. The van der Waals surface area contributed by atoms with E-state index in [2.05, 4.69) is 26.1 Å². The molecule has 16 heavy (non-hydrogen) atoms. The SMILES string of the molecule is CC(C)CC(C)NC(=O)C1CCCC(N)C1. The van der Waals surface area contributed by atoms with E-state index in [1.807, 2.05) is 0 Å². The van der Waals surface area contributed by atoms with E-state index in [0.717, 1.165) is 32.1 Å². The van der Waals surface area contributed by atoms with Gasteiger partial charge in [-0.15, -0.1) is 0 Å². The van der Waals surface area contributed by atoms with Gasteiger partial charge in [0.1, 0.15) is 0 Å². The van der Waals surface area contributed by atoms with Crippen LogP contribution < -0.4 is 11.1 Å². The Morgan fingerprint density at radius 2 is 2.06 bits per heavy atom. The number of hydrogen-bond acceptors (Lipinski definition) is 2. The minimum atomic E-state index is 0.151. The fourth-order valence-electron chi connectivity index (χ4n) is 2.59. The minimum Gasteiger partial charge on any atom is -0.353 e. The molecule has 0 aliphatic heterocycles. The van der Waals surface area contributed by atoms with Crippen molar-refractivity contribution in [1.82, 2.24) is 5.32 Å². The van der Waals surface area contributed by atoms with E-state index >= 15 is 0 Å². The van der Waals surface area contributed by atoms with Gasteiger partial charge in [-0.3, -0.25) is 4.79 Å². The molecule has 3 heteroatoms. The van der Waals surface area contributed by atoms with Gasteiger partial charge in [0.25, 0.3) is 0 Å². The zero-order chi connectivity index (χ0) is 12.1. The maximum Gasteiger partial charge on any atom is 0.223 e. The summed E-state index contributed by atoms with van der Waals surface area (Å²) >= 11 is 0. The van der Waals surface area contributed by atoms with Crippen molar-refractivity contribution in [2.45, 2.75) is 65.0 Å². The number of nitrogens with two attached hydrogens (primary N) is 1. The second-order valence-corrected chi connectivity index (χ2v) is 5.66. The van der Waals surface area contributed by atoms with E-state index in [9.17, 15) is 4.79 Å². The highest BCUT2D eigenvalue weighted by Crippen LogP contribution is 2.23. The third-order valence-electron chi connectivity index (χ3n) is 3.30. The standard InChI is InChI=1S/C13H26N2O/c1-9(2)7-10(3)15-13(16)11-5-4-6-12(14)8-11/h9-12H,4-8,14H2,1-3H3,(H,15,16). The average Bonchev–Trinajstić information content (AvgIpc) is 2.16. The van der Waals surface area contributed by atoms with Crippen LogP contribution in [0.15, 0.2) is 0 Å². The van der Waals surface area contributed by atoms with Crippen molar-refractivity contribution in [2.75, 3.05) is 0 Å². The van der Waals surface area contributed by atoms with E-state index in [-0.39, 0.29) is 23.9 Å². The van der Waals surface area contributed by atoms with Gasteiger partial charge >= 0.3 is 0 Å². The molecule has 1 amide bonds. The molecule has 1 aliphatic rings. The molecular weight excluding hydrogens is 200 g/mol. The second-order valence-electron chi connectivity index (χ2n) is 5.66. The third-order valence-corrected chi connectivity index (χ3v) is 3.30. The Bertz CT molecular complexity index is 228. The van der Waals surface area contributed by atoms with Gasteiger partial charge in [0, 0.05) is 18.0 Å². The zero-order valence-corrected chi connectivity index (χ0v) is 10.8. The van der Waals surface area contributed by atoms with Crippen LogP contribution in [-0.4, -0.2) is 18.0 Å². The Labute approximate surface area is 99.2 Å². The van der Waals surface area contributed by atoms with Crippen LogP contribution >= 0.6 is 0 Å². The summed E-state index contributed by atoms with van der Waals surface area (Å²) in [5.74, 6) is 0.991. The van der Waals surface area contributed by atoms with Gasteiger partial charge in [0.2, 0.25) is 5.91 Å². The largest absolute Gasteiger partial charge is 0.353 e. The van der Waals surface area contributed by atoms with Crippen LogP contribution in [0.5, 0.6) is 0 Å². The first-order valence-electron chi connectivity index (χ1n) is 6.55. The molecule has 0 saturated heterocycles. The van der Waals surface area contributed by atoms with Crippen LogP contribution in [0.1, 0.15) is 52.9 Å². The first kappa shape index (κ1) is 13.5. The number of rotatable bonds is 4. The predicted octanol–water partition coefficient (Wildman–Crippen LogP) is 2.05.